The van der Waals surface area contributed by atoms with E-state index in [2.05, 4.69) is 13.3 Å². The molecular formula is C7H13N2+. The smallest absolute Gasteiger partial charge is 0.184 e. The number of nitrogens with zero attached hydrogens (tertiary/aromatic N) is 2. The Morgan fingerprint density at radius 3 is 2.44 bits per heavy atom. The molecule has 0 aliphatic rings. The second kappa shape index (κ2) is 3.89. The fourth-order valence-corrected chi connectivity index (χ4v) is 0.280. The first-order chi connectivity index (χ1) is 4.16. The minimum Gasteiger partial charge on any atom is -0.353 e. The summed E-state index contributed by atoms with van der Waals surface area (Å²) in [5, 5.41) is 0. The van der Waals surface area contributed by atoms with E-state index in [0.29, 0.717) is 0 Å². The first-order valence-electron chi connectivity index (χ1n) is 2.73. The molecule has 2 heteroatoms. The predicted molar refractivity (Wildman–Crippen MR) is 40.4 cm³/mol. The summed E-state index contributed by atoms with van der Waals surface area (Å²) in [4.78, 5) is 1.85. The molecule has 0 amide bonds. The molecule has 0 rings (SSSR count). The highest BCUT2D eigenvalue weighted by Gasteiger charge is 1.81. The summed E-state index contributed by atoms with van der Waals surface area (Å²) in [6, 6.07) is 0. The van der Waals surface area contributed by atoms with E-state index in [-0.39, 0.29) is 0 Å². The fraction of sp³-hybridized carbons (Fsp3) is 0.286. The van der Waals surface area contributed by atoms with Gasteiger partial charge in [0.1, 0.15) is 13.8 Å². The minimum absolute atomic E-state index is 1.72. The molecule has 9 heavy (non-hydrogen) atoms. The van der Waals surface area contributed by atoms with Crippen molar-refractivity contribution in [2.45, 2.75) is 0 Å². The van der Waals surface area contributed by atoms with Crippen LogP contribution in [0.1, 0.15) is 0 Å². The van der Waals surface area contributed by atoms with E-state index in [9.17, 15) is 0 Å². The zero-order valence-electron chi connectivity index (χ0n) is 6.04. The maximum absolute atomic E-state index is 3.63. The van der Waals surface area contributed by atoms with Crippen molar-refractivity contribution in [3.05, 3.63) is 25.2 Å². The lowest BCUT2D eigenvalue weighted by molar-refractivity contribution is -0.412. The van der Waals surface area contributed by atoms with Gasteiger partial charge in [-0.15, -0.1) is 0 Å². The lowest BCUT2D eigenvalue weighted by Crippen LogP contribution is -2.00. The van der Waals surface area contributed by atoms with Crippen molar-refractivity contribution in [1.29, 1.82) is 0 Å². The molecule has 0 aromatic rings. The molecule has 0 unspecified atom stereocenters. The van der Waals surface area contributed by atoms with E-state index in [1.807, 2.05) is 31.4 Å². The van der Waals surface area contributed by atoms with Gasteiger partial charge in [0.15, 0.2) is 6.20 Å². The Bertz CT molecular complexity index is 136. The fourth-order valence-electron chi connectivity index (χ4n) is 0.280. The van der Waals surface area contributed by atoms with Gasteiger partial charge >= 0.3 is 0 Å². The molecule has 0 fully saturated rings. The molecule has 0 saturated carbocycles. The third-order valence-corrected chi connectivity index (χ3v) is 0.844. The number of hydrogen-bond acceptors (Lipinski definition) is 1. The molecule has 0 saturated heterocycles. The highest BCUT2D eigenvalue weighted by molar-refractivity contribution is 5.15. The molecule has 0 aromatic carbocycles. The predicted octanol–water partition coefficient (Wildman–Crippen LogP) is 0.876. The van der Waals surface area contributed by atoms with Crippen LogP contribution in [0.3, 0.4) is 0 Å². The quantitative estimate of drug-likeness (QED) is 0.401. The summed E-state index contributed by atoms with van der Waals surface area (Å²) in [6.07, 6.45) is 5.45. The Kier molecular flexibility index (Phi) is 3.44. The number of hydrogen-bond donors (Lipinski definition) is 0. The Morgan fingerprint density at radius 2 is 2.11 bits per heavy atom. The summed E-state index contributed by atoms with van der Waals surface area (Å²) in [7, 11) is 3.78. The van der Waals surface area contributed by atoms with Crippen molar-refractivity contribution < 1.29 is 4.58 Å². The third-order valence-electron chi connectivity index (χ3n) is 0.844. The van der Waals surface area contributed by atoms with Crippen LogP contribution in [0, 0.1) is 0 Å². The zero-order valence-corrected chi connectivity index (χ0v) is 6.04. The summed E-state index contributed by atoms with van der Waals surface area (Å²) < 4.78 is 1.72. The monoisotopic (exact) mass is 125 g/mol. The van der Waals surface area contributed by atoms with Gasteiger partial charge in [-0.25, -0.2) is 4.58 Å². The average Bonchev–Trinajstić information content (AvgIpc) is 1.83. The number of rotatable bonds is 3. The zero-order chi connectivity index (χ0) is 7.28. The van der Waals surface area contributed by atoms with Crippen LogP contribution < -0.4 is 0 Å². The van der Waals surface area contributed by atoms with Gasteiger partial charge in [-0.05, 0) is 6.20 Å². The van der Waals surface area contributed by atoms with Crippen molar-refractivity contribution in [2.24, 2.45) is 0 Å². The summed E-state index contributed by atoms with van der Waals surface area (Å²) >= 11 is 0. The van der Waals surface area contributed by atoms with Gasteiger partial charge in [-0.2, -0.15) is 0 Å². The maximum Gasteiger partial charge on any atom is 0.184 e. The second-order valence-corrected chi connectivity index (χ2v) is 1.90. The lowest BCUT2D eigenvalue weighted by Gasteiger charge is -2.01. The van der Waals surface area contributed by atoms with Crippen LogP contribution in [0.5, 0.6) is 0 Å². The van der Waals surface area contributed by atoms with Gasteiger partial charge < -0.3 is 4.90 Å². The highest BCUT2D eigenvalue weighted by atomic mass is 15.1. The van der Waals surface area contributed by atoms with E-state index in [1.54, 1.807) is 10.8 Å². The molecule has 50 valence electrons. The molecule has 0 bridgehead atoms. The summed E-state index contributed by atoms with van der Waals surface area (Å²) in [6.45, 7) is 7.20. The SMILES string of the molecule is C=CN(C)/C=C\[N+](=C)C. The molecule has 0 heterocycles. The third kappa shape index (κ3) is 4.81. The molecule has 0 aromatic heterocycles. The molecular weight excluding hydrogens is 112 g/mol. The van der Waals surface area contributed by atoms with Crippen molar-refractivity contribution in [3.63, 3.8) is 0 Å². The Morgan fingerprint density at radius 1 is 1.56 bits per heavy atom. The van der Waals surface area contributed by atoms with Crippen LogP contribution >= 0.6 is 0 Å². The Labute approximate surface area is 56.4 Å². The van der Waals surface area contributed by atoms with Crippen molar-refractivity contribution in [3.8, 4) is 0 Å². The van der Waals surface area contributed by atoms with E-state index in [1.165, 1.54) is 0 Å². The van der Waals surface area contributed by atoms with Gasteiger partial charge in [0.25, 0.3) is 0 Å². The average molecular weight is 125 g/mol. The first kappa shape index (κ1) is 7.95. The normalized spacial score (nSPS) is 9.56. The van der Waals surface area contributed by atoms with Crippen molar-refractivity contribution in [1.82, 2.24) is 4.90 Å². The van der Waals surface area contributed by atoms with Gasteiger partial charge in [0.2, 0.25) is 0 Å². The molecule has 0 aliphatic heterocycles. The van der Waals surface area contributed by atoms with Crippen LogP contribution in [0.25, 0.3) is 0 Å². The van der Waals surface area contributed by atoms with Crippen molar-refractivity contribution in [2.75, 3.05) is 14.1 Å². The highest BCUT2D eigenvalue weighted by Crippen LogP contribution is 1.81. The van der Waals surface area contributed by atoms with Crippen LogP contribution in [0.2, 0.25) is 0 Å². The van der Waals surface area contributed by atoms with Crippen LogP contribution in [0.4, 0.5) is 0 Å². The second-order valence-electron chi connectivity index (χ2n) is 1.90. The Hall–Kier alpha value is -1.05. The topological polar surface area (TPSA) is 6.25 Å². The van der Waals surface area contributed by atoms with Crippen molar-refractivity contribution >= 4 is 6.72 Å². The molecule has 0 radical (unpaired) electrons. The Balaban J connectivity index is 3.69. The summed E-state index contributed by atoms with van der Waals surface area (Å²) in [5.74, 6) is 0. The molecule has 2 nitrogen and oxygen atoms in total. The molecule has 0 atom stereocenters. The van der Waals surface area contributed by atoms with Crippen LogP contribution in [-0.4, -0.2) is 30.3 Å². The van der Waals surface area contributed by atoms with Crippen LogP contribution in [-0.2, 0) is 0 Å². The van der Waals surface area contributed by atoms with E-state index in [0.717, 1.165) is 0 Å². The lowest BCUT2D eigenvalue weighted by atomic mass is 10.7. The molecule has 0 spiro atoms. The van der Waals surface area contributed by atoms with Gasteiger partial charge in [-0.1, -0.05) is 6.58 Å². The molecule has 0 aliphatic carbocycles. The van der Waals surface area contributed by atoms with E-state index >= 15 is 0 Å². The molecule has 0 N–H and O–H groups in total. The van der Waals surface area contributed by atoms with Gasteiger partial charge in [0, 0.05) is 7.05 Å². The standard InChI is InChI=1S/C7H13N2/c1-5-9(4)7-6-8(2)3/h5-7H,1-2H2,3-4H3/q+1/b7-6-. The summed E-state index contributed by atoms with van der Waals surface area (Å²) in [5.41, 5.74) is 0. The maximum atomic E-state index is 3.63. The largest absolute Gasteiger partial charge is 0.353 e. The first-order valence-corrected chi connectivity index (χ1v) is 2.73. The minimum atomic E-state index is 1.72. The van der Waals surface area contributed by atoms with E-state index in [4.69, 9.17) is 0 Å². The van der Waals surface area contributed by atoms with Crippen LogP contribution in [0.15, 0.2) is 25.2 Å². The van der Waals surface area contributed by atoms with E-state index < -0.39 is 0 Å². The van der Waals surface area contributed by atoms with Gasteiger partial charge in [-0.3, -0.25) is 0 Å². The van der Waals surface area contributed by atoms with Gasteiger partial charge in [0.05, 0.1) is 6.20 Å².